The Morgan fingerprint density at radius 2 is 1.85 bits per heavy atom. The molecule has 0 saturated carbocycles. The number of carbonyl (C=O) groups excluding carboxylic acids is 2. The second kappa shape index (κ2) is 9.85. The van der Waals surface area contributed by atoms with Crippen molar-refractivity contribution < 1.29 is 19.1 Å². The number of anilines is 1. The average Bonchev–Trinajstić information content (AvgIpc) is 2.78. The van der Waals surface area contributed by atoms with E-state index in [1.54, 1.807) is 0 Å². The second-order valence-electron chi connectivity index (χ2n) is 8.33. The maximum absolute atomic E-state index is 13.8. The van der Waals surface area contributed by atoms with E-state index in [-0.39, 0.29) is 23.6 Å². The maximum atomic E-state index is 13.8. The summed E-state index contributed by atoms with van der Waals surface area (Å²) in [5.41, 5.74) is 0.546. The van der Waals surface area contributed by atoms with Gasteiger partial charge in [-0.05, 0) is 42.9 Å². The minimum Gasteiger partial charge on any atom is -0.505 e. The van der Waals surface area contributed by atoms with Crippen LogP contribution in [0, 0.1) is 11.7 Å². The van der Waals surface area contributed by atoms with Gasteiger partial charge in [0.05, 0.1) is 0 Å². The second-order valence-corrected chi connectivity index (χ2v) is 8.33. The van der Waals surface area contributed by atoms with Crippen molar-refractivity contribution in [3.8, 4) is 5.75 Å². The van der Waals surface area contributed by atoms with E-state index in [0.717, 1.165) is 17.7 Å². The van der Waals surface area contributed by atoms with Gasteiger partial charge in [0.25, 0.3) is 11.8 Å². The standard InChI is InChI=1S/C25H27FN4O3/c1-15-5-4-6-19-18(10-7-15)22(31)21-25(33)29-14-16-8-9-17(26)13-20(16)24(32)28-12-3-2-11-27-23(19)30-21/h4-6,8-10,13,15,31H,2-3,7,11-12,14H2,1H3,(H,27,30)(H,28,32)(H,29,33). The van der Waals surface area contributed by atoms with Crippen LogP contribution in [0.4, 0.5) is 10.2 Å². The van der Waals surface area contributed by atoms with E-state index in [9.17, 15) is 19.1 Å². The summed E-state index contributed by atoms with van der Waals surface area (Å²) < 4.78 is 13.8. The van der Waals surface area contributed by atoms with Gasteiger partial charge in [-0.25, -0.2) is 9.37 Å². The fourth-order valence-corrected chi connectivity index (χ4v) is 3.93. The van der Waals surface area contributed by atoms with E-state index in [1.807, 2.05) is 18.2 Å². The number of hydrogen-bond acceptors (Lipinski definition) is 5. The molecule has 1 aliphatic carbocycles. The smallest absolute Gasteiger partial charge is 0.274 e. The molecule has 1 aromatic carbocycles. The lowest BCUT2D eigenvalue weighted by molar-refractivity contribution is 0.0930. The summed E-state index contributed by atoms with van der Waals surface area (Å²) >= 11 is 0. The Morgan fingerprint density at radius 3 is 2.67 bits per heavy atom. The molecule has 1 atom stereocenters. The molecule has 0 spiro atoms. The van der Waals surface area contributed by atoms with Crippen molar-refractivity contribution in [3.05, 3.63) is 63.4 Å². The van der Waals surface area contributed by atoms with Crippen LogP contribution < -0.4 is 26.4 Å². The molecule has 2 bridgehead atoms. The van der Waals surface area contributed by atoms with E-state index in [1.165, 1.54) is 12.1 Å². The van der Waals surface area contributed by atoms with Gasteiger partial charge in [0.1, 0.15) is 11.6 Å². The van der Waals surface area contributed by atoms with Gasteiger partial charge < -0.3 is 21.1 Å². The molecule has 2 aliphatic rings. The molecule has 172 valence electrons. The van der Waals surface area contributed by atoms with Crippen LogP contribution in [-0.4, -0.2) is 35.0 Å². The maximum Gasteiger partial charge on any atom is 0.274 e. The molecule has 0 fully saturated rings. The molecule has 2 aromatic rings. The molecule has 4 rings (SSSR count). The number of benzene rings is 1. The van der Waals surface area contributed by atoms with Gasteiger partial charge in [0, 0.05) is 35.6 Å². The highest BCUT2D eigenvalue weighted by molar-refractivity contribution is 5.97. The van der Waals surface area contributed by atoms with E-state index >= 15 is 0 Å². The first-order valence-electron chi connectivity index (χ1n) is 11.1. The lowest BCUT2D eigenvalue weighted by Crippen LogP contribution is -2.35. The Morgan fingerprint density at radius 1 is 1.06 bits per heavy atom. The molecule has 0 saturated heterocycles. The average molecular weight is 451 g/mol. The molecular weight excluding hydrogens is 423 g/mol. The third-order valence-electron chi connectivity index (χ3n) is 5.80. The fraction of sp³-hybridized carbons (Fsp3) is 0.320. The summed E-state index contributed by atoms with van der Waals surface area (Å²) in [7, 11) is 0. The van der Waals surface area contributed by atoms with Crippen molar-refractivity contribution >= 4 is 29.8 Å². The highest BCUT2D eigenvalue weighted by Gasteiger charge is 2.20. The summed E-state index contributed by atoms with van der Waals surface area (Å²) in [6, 6.07) is 3.88. The number of aromatic hydroxyl groups is 1. The largest absolute Gasteiger partial charge is 0.505 e. The fourth-order valence-electron chi connectivity index (χ4n) is 3.93. The van der Waals surface area contributed by atoms with Crippen LogP contribution >= 0.6 is 0 Å². The molecule has 33 heavy (non-hydrogen) atoms. The van der Waals surface area contributed by atoms with Crippen molar-refractivity contribution in [2.24, 2.45) is 5.92 Å². The molecule has 7 nitrogen and oxygen atoms in total. The number of aromatic nitrogens is 1. The highest BCUT2D eigenvalue weighted by atomic mass is 19.1. The normalized spacial score (nSPS) is 18.9. The zero-order chi connectivity index (χ0) is 23.4. The van der Waals surface area contributed by atoms with Crippen LogP contribution in [-0.2, 0) is 6.54 Å². The molecule has 1 aliphatic heterocycles. The van der Waals surface area contributed by atoms with E-state index in [4.69, 9.17) is 0 Å². The molecule has 4 N–H and O–H groups in total. The summed E-state index contributed by atoms with van der Waals surface area (Å²) in [4.78, 5) is 30.1. The number of amides is 2. The number of carbonyl (C=O) groups is 2. The molecular formula is C25H27FN4O3. The predicted molar refractivity (Wildman–Crippen MR) is 125 cm³/mol. The van der Waals surface area contributed by atoms with Crippen molar-refractivity contribution in [1.82, 2.24) is 15.6 Å². The SMILES string of the molecule is CC1C=CC=c2c3nc(c(O)c2=CC1)C(=O)NCc1ccc(F)cc1C(=O)NCCCCN3. The first-order chi connectivity index (χ1) is 15.9. The Labute approximate surface area is 191 Å². The van der Waals surface area contributed by atoms with E-state index in [2.05, 4.69) is 33.9 Å². The van der Waals surface area contributed by atoms with Gasteiger partial charge in [0.15, 0.2) is 11.4 Å². The Balaban J connectivity index is 1.78. The molecule has 0 radical (unpaired) electrons. The first kappa shape index (κ1) is 22.5. The third kappa shape index (κ3) is 5.05. The predicted octanol–water partition coefficient (Wildman–Crippen LogP) is 1.95. The highest BCUT2D eigenvalue weighted by Crippen LogP contribution is 2.16. The zero-order valence-electron chi connectivity index (χ0n) is 18.5. The molecule has 1 unspecified atom stereocenters. The number of allylic oxidation sites excluding steroid dienone is 2. The Bertz CT molecular complexity index is 1240. The number of pyridine rings is 1. The minimum atomic E-state index is -0.581. The van der Waals surface area contributed by atoms with Crippen LogP contribution in [0.1, 0.15) is 52.6 Å². The van der Waals surface area contributed by atoms with E-state index in [0.29, 0.717) is 48.4 Å². The third-order valence-corrected chi connectivity index (χ3v) is 5.80. The molecule has 1 aromatic heterocycles. The number of halogens is 1. The van der Waals surface area contributed by atoms with Gasteiger partial charge in [-0.3, -0.25) is 9.59 Å². The zero-order valence-corrected chi connectivity index (χ0v) is 18.5. The quantitative estimate of drug-likeness (QED) is 0.491. The van der Waals surface area contributed by atoms with Crippen LogP contribution in [0.15, 0.2) is 30.4 Å². The first-order valence-corrected chi connectivity index (χ1v) is 11.1. The van der Waals surface area contributed by atoms with Crippen molar-refractivity contribution in [3.63, 3.8) is 0 Å². The van der Waals surface area contributed by atoms with Crippen molar-refractivity contribution in [2.75, 3.05) is 18.4 Å². The number of nitrogens with one attached hydrogen (secondary N) is 3. The monoisotopic (exact) mass is 450 g/mol. The Kier molecular flexibility index (Phi) is 6.72. The summed E-state index contributed by atoms with van der Waals surface area (Å²) in [5.74, 6) is -0.880. The number of rotatable bonds is 0. The van der Waals surface area contributed by atoms with Crippen molar-refractivity contribution in [2.45, 2.75) is 32.7 Å². The topological polar surface area (TPSA) is 103 Å². The van der Waals surface area contributed by atoms with Crippen LogP contribution in [0.5, 0.6) is 5.75 Å². The summed E-state index contributed by atoms with van der Waals surface area (Å²) in [6.45, 7) is 3.07. The number of nitrogens with zero attached hydrogens (tertiary/aromatic N) is 1. The lowest BCUT2D eigenvalue weighted by Gasteiger charge is -2.14. The van der Waals surface area contributed by atoms with Crippen molar-refractivity contribution in [1.29, 1.82) is 0 Å². The van der Waals surface area contributed by atoms with E-state index < -0.39 is 17.6 Å². The van der Waals surface area contributed by atoms with Gasteiger partial charge >= 0.3 is 0 Å². The molecule has 2 amide bonds. The Hall–Kier alpha value is -3.68. The lowest BCUT2D eigenvalue weighted by atomic mass is 10.0. The van der Waals surface area contributed by atoms with Crippen LogP contribution in [0.25, 0.3) is 12.2 Å². The summed E-state index contributed by atoms with van der Waals surface area (Å²) in [6.07, 6.45) is 10.00. The molecule has 8 heteroatoms. The van der Waals surface area contributed by atoms with Crippen LogP contribution in [0.2, 0.25) is 0 Å². The molecule has 2 heterocycles. The van der Waals surface area contributed by atoms with Gasteiger partial charge in [-0.1, -0.05) is 37.3 Å². The van der Waals surface area contributed by atoms with Gasteiger partial charge in [0.2, 0.25) is 0 Å². The summed E-state index contributed by atoms with van der Waals surface area (Å²) in [5, 5.41) is 21.0. The number of hydrogen-bond donors (Lipinski definition) is 4. The van der Waals surface area contributed by atoms with Gasteiger partial charge in [-0.15, -0.1) is 0 Å². The number of fused-ring (bicyclic) bond motifs is 5. The van der Waals surface area contributed by atoms with Crippen LogP contribution in [0.3, 0.4) is 0 Å². The van der Waals surface area contributed by atoms with Gasteiger partial charge in [-0.2, -0.15) is 0 Å². The minimum absolute atomic E-state index is 0.0154.